The van der Waals surface area contributed by atoms with E-state index in [1.54, 1.807) is 12.1 Å². The zero-order valence-corrected chi connectivity index (χ0v) is 16.7. The van der Waals surface area contributed by atoms with Gasteiger partial charge < -0.3 is 10.6 Å². The van der Waals surface area contributed by atoms with E-state index in [1.807, 2.05) is 43.3 Å². The summed E-state index contributed by atoms with van der Waals surface area (Å²) >= 11 is 0. The van der Waals surface area contributed by atoms with E-state index >= 15 is 0 Å². The van der Waals surface area contributed by atoms with E-state index in [-0.39, 0.29) is 24.6 Å². The number of benzene rings is 3. The first-order valence-electron chi connectivity index (χ1n) is 9.53. The van der Waals surface area contributed by atoms with E-state index < -0.39 is 22.3 Å². The monoisotopic (exact) mass is 421 g/mol. The maximum atomic E-state index is 13.2. The number of rotatable bonds is 7. The average Bonchev–Trinajstić information content (AvgIpc) is 2.75. The summed E-state index contributed by atoms with van der Waals surface area (Å²) in [6.07, 6.45) is -0.0957. The van der Waals surface area contributed by atoms with Crippen LogP contribution >= 0.6 is 0 Å². The summed E-state index contributed by atoms with van der Waals surface area (Å²) in [5.74, 6) is -1.65. The Hall–Kier alpha value is -4.07. The van der Waals surface area contributed by atoms with Crippen LogP contribution in [0.25, 0.3) is 11.1 Å². The van der Waals surface area contributed by atoms with Crippen molar-refractivity contribution in [2.24, 2.45) is 0 Å². The minimum Gasteiger partial charge on any atom is -0.352 e. The molecule has 0 aliphatic rings. The molecule has 0 aliphatic heterocycles. The first-order valence-corrected chi connectivity index (χ1v) is 9.53. The molecule has 2 amide bonds. The van der Waals surface area contributed by atoms with E-state index in [2.05, 4.69) is 10.6 Å². The topological polar surface area (TPSA) is 101 Å². The minimum absolute atomic E-state index is 0.0409. The Morgan fingerprint density at radius 1 is 1.03 bits per heavy atom. The third kappa shape index (κ3) is 5.51. The number of nitro groups is 1. The molecule has 0 bridgehead atoms. The largest absolute Gasteiger partial charge is 0.352 e. The van der Waals surface area contributed by atoms with Gasteiger partial charge in [0.05, 0.1) is 11.0 Å². The van der Waals surface area contributed by atoms with Gasteiger partial charge in [-0.2, -0.15) is 0 Å². The number of nitrogens with zero attached hydrogens (tertiary/aromatic N) is 1. The SMILES string of the molecule is Cc1ccccc1-c1ccc(C(=O)NCCC(=O)Nc2ccc(F)cc2[N+](=O)[O-])cc1. The number of aryl methyl sites for hydroxylation is 1. The molecule has 3 aromatic carbocycles. The molecule has 0 fully saturated rings. The van der Waals surface area contributed by atoms with Gasteiger partial charge in [-0.25, -0.2) is 4.39 Å². The molecular formula is C23H20FN3O4. The third-order valence-corrected chi connectivity index (χ3v) is 4.67. The first-order chi connectivity index (χ1) is 14.8. The summed E-state index contributed by atoms with van der Waals surface area (Å²) in [5.41, 5.74) is 3.02. The lowest BCUT2D eigenvalue weighted by Crippen LogP contribution is -2.27. The lowest BCUT2D eigenvalue weighted by atomic mass is 9.99. The number of carbonyl (C=O) groups excluding carboxylic acids is 2. The average molecular weight is 421 g/mol. The van der Waals surface area contributed by atoms with Crippen molar-refractivity contribution in [2.45, 2.75) is 13.3 Å². The van der Waals surface area contributed by atoms with E-state index in [9.17, 15) is 24.1 Å². The Morgan fingerprint density at radius 3 is 2.42 bits per heavy atom. The fourth-order valence-electron chi connectivity index (χ4n) is 3.06. The van der Waals surface area contributed by atoms with Crippen LogP contribution in [0.5, 0.6) is 0 Å². The standard InChI is InChI=1S/C23H20FN3O4/c1-15-4-2-3-5-19(15)16-6-8-17(9-7-16)23(29)25-13-12-22(28)26-20-11-10-18(24)14-21(20)27(30)31/h2-11,14H,12-13H2,1H3,(H,25,29)(H,26,28). The highest BCUT2D eigenvalue weighted by Crippen LogP contribution is 2.25. The van der Waals surface area contributed by atoms with Crippen molar-refractivity contribution in [2.75, 3.05) is 11.9 Å². The Labute approximate surface area is 178 Å². The molecule has 0 saturated carbocycles. The molecule has 31 heavy (non-hydrogen) atoms. The molecule has 8 heteroatoms. The molecule has 0 spiro atoms. The minimum atomic E-state index is -0.777. The van der Waals surface area contributed by atoms with Gasteiger partial charge in [0.25, 0.3) is 11.6 Å². The van der Waals surface area contributed by atoms with Gasteiger partial charge in [-0.05, 0) is 47.9 Å². The van der Waals surface area contributed by atoms with E-state index in [0.29, 0.717) is 5.56 Å². The van der Waals surface area contributed by atoms with Crippen molar-refractivity contribution in [1.29, 1.82) is 0 Å². The molecule has 0 saturated heterocycles. The van der Waals surface area contributed by atoms with Gasteiger partial charge in [0.15, 0.2) is 0 Å². The lowest BCUT2D eigenvalue weighted by molar-refractivity contribution is -0.384. The first kappa shape index (κ1) is 21.6. The molecular weight excluding hydrogens is 401 g/mol. The normalized spacial score (nSPS) is 10.4. The van der Waals surface area contributed by atoms with Crippen LogP contribution in [-0.2, 0) is 4.79 Å². The van der Waals surface area contributed by atoms with Gasteiger partial charge in [-0.3, -0.25) is 19.7 Å². The van der Waals surface area contributed by atoms with Crippen LogP contribution in [0, 0.1) is 22.9 Å². The molecule has 0 aliphatic carbocycles. The molecule has 0 heterocycles. The second-order valence-corrected chi connectivity index (χ2v) is 6.86. The van der Waals surface area contributed by atoms with Crippen molar-refractivity contribution in [1.82, 2.24) is 5.32 Å². The predicted molar refractivity (Wildman–Crippen MR) is 115 cm³/mol. The Kier molecular flexibility index (Phi) is 6.71. The van der Waals surface area contributed by atoms with Crippen molar-refractivity contribution in [3.8, 4) is 11.1 Å². The van der Waals surface area contributed by atoms with Gasteiger partial charge in [0.1, 0.15) is 11.5 Å². The van der Waals surface area contributed by atoms with Crippen LogP contribution in [-0.4, -0.2) is 23.3 Å². The van der Waals surface area contributed by atoms with Crippen LogP contribution in [0.1, 0.15) is 22.3 Å². The highest BCUT2D eigenvalue weighted by Gasteiger charge is 2.17. The number of anilines is 1. The number of nitro benzene ring substituents is 1. The number of hydrogen-bond acceptors (Lipinski definition) is 4. The molecule has 0 unspecified atom stereocenters. The second kappa shape index (κ2) is 9.62. The maximum Gasteiger partial charge on any atom is 0.295 e. The van der Waals surface area contributed by atoms with Crippen LogP contribution in [0.2, 0.25) is 0 Å². The highest BCUT2D eigenvalue weighted by atomic mass is 19.1. The fraction of sp³-hybridized carbons (Fsp3) is 0.130. The van der Waals surface area contributed by atoms with Gasteiger partial charge >= 0.3 is 0 Å². The molecule has 7 nitrogen and oxygen atoms in total. The molecule has 0 aromatic heterocycles. The number of amides is 2. The molecule has 3 aromatic rings. The van der Waals surface area contributed by atoms with Crippen molar-refractivity contribution in [3.05, 3.63) is 93.8 Å². The van der Waals surface area contributed by atoms with Crippen molar-refractivity contribution >= 4 is 23.2 Å². The van der Waals surface area contributed by atoms with E-state index in [0.717, 1.165) is 34.9 Å². The highest BCUT2D eigenvalue weighted by molar-refractivity contribution is 5.96. The van der Waals surface area contributed by atoms with Gasteiger partial charge in [0, 0.05) is 18.5 Å². The van der Waals surface area contributed by atoms with Crippen molar-refractivity contribution < 1.29 is 18.9 Å². The van der Waals surface area contributed by atoms with Crippen molar-refractivity contribution in [3.63, 3.8) is 0 Å². The number of halogens is 1. The predicted octanol–water partition coefficient (Wildman–Crippen LogP) is 4.47. The summed E-state index contributed by atoms with van der Waals surface area (Å²) in [4.78, 5) is 34.6. The number of carbonyl (C=O) groups is 2. The zero-order valence-electron chi connectivity index (χ0n) is 16.7. The van der Waals surface area contributed by atoms with Crippen LogP contribution in [0.3, 0.4) is 0 Å². The molecule has 0 radical (unpaired) electrons. The summed E-state index contributed by atoms with van der Waals surface area (Å²) in [6, 6.07) is 18.0. The third-order valence-electron chi connectivity index (χ3n) is 4.67. The second-order valence-electron chi connectivity index (χ2n) is 6.86. The molecule has 2 N–H and O–H groups in total. The molecule has 3 rings (SSSR count). The summed E-state index contributed by atoms with van der Waals surface area (Å²) in [7, 11) is 0. The quantitative estimate of drug-likeness (QED) is 0.434. The number of nitrogens with one attached hydrogen (secondary N) is 2. The van der Waals surface area contributed by atoms with Crippen LogP contribution in [0.4, 0.5) is 15.8 Å². The van der Waals surface area contributed by atoms with Gasteiger partial charge in [-0.15, -0.1) is 0 Å². The lowest BCUT2D eigenvalue weighted by Gasteiger charge is -2.09. The van der Waals surface area contributed by atoms with Crippen LogP contribution in [0.15, 0.2) is 66.7 Å². The summed E-state index contributed by atoms with van der Waals surface area (Å²) in [5, 5.41) is 16.0. The molecule has 158 valence electrons. The maximum absolute atomic E-state index is 13.2. The van der Waals surface area contributed by atoms with Gasteiger partial charge in [0.2, 0.25) is 5.91 Å². The summed E-state index contributed by atoms with van der Waals surface area (Å²) in [6.45, 7) is 2.06. The van der Waals surface area contributed by atoms with Gasteiger partial charge in [-0.1, -0.05) is 36.4 Å². The molecule has 0 atom stereocenters. The zero-order chi connectivity index (χ0) is 22.4. The Balaban J connectivity index is 1.54. The van der Waals surface area contributed by atoms with E-state index in [1.165, 1.54) is 0 Å². The summed E-state index contributed by atoms with van der Waals surface area (Å²) < 4.78 is 13.2. The number of hydrogen-bond donors (Lipinski definition) is 2. The Bertz CT molecular complexity index is 1130. The van der Waals surface area contributed by atoms with Crippen LogP contribution < -0.4 is 10.6 Å². The van der Waals surface area contributed by atoms with E-state index in [4.69, 9.17) is 0 Å². The Morgan fingerprint density at radius 2 is 1.74 bits per heavy atom. The smallest absolute Gasteiger partial charge is 0.295 e. The fourth-order valence-corrected chi connectivity index (χ4v) is 3.06.